The number of halogens is 1. The van der Waals surface area contributed by atoms with Gasteiger partial charge in [0.15, 0.2) is 0 Å². The molecule has 0 spiro atoms. The summed E-state index contributed by atoms with van der Waals surface area (Å²) in [6.45, 7) is 7.42. The number of sulfonamides is 1. The number of piperazine rings is 1. The lowest BCUT2D eigenvalue weighted by atomic mass is 10.0. The largest absolute Gasteiger partial charge is 0.355 e. The van der Waals surface area contributed by atoms with Gasteiger partial charge in [0.05, 0.1) is 23.7 Å². The number of rotatable bonds is 5. The van der Waals surface area contributed by atoms with Crippen molar-refractivity contribution in [1.82, 2.24) is 24.5 Å². The number of carbonyl (C=O) groups excluding carboxylic acids is 2. The number of nitrogens with zero attached hydrogens (tertiary/aromatic N) is 4. The molecule has 176 valence electrons. The van der Waals surface area contributed by atoms with Gasteiger partial charge in [-0.3, -0.25) is 14.6 Å². The van der Waals surface area contributed by atoms with Gasteiger partial charge in [0.25, 0.3) is 5.91 Å². The maximum atomic E-state index is 12.7. The Balaban J connectivity index is 2.14. The average Bonchev–Trinajstić information content (AvgIpc) is 2.75. The fourth-order valence-electron chi connectivity index (χ4n) is 4.11. The highest BCUT2D eigenvalue weighted by Crippen LogP contribution is 2.34. The van der Waals surface area contributed by atoms with Crippen LogP contribution in [0.2, 0.25) is 5.15 Å². The predicted molar refractivity (Wildman–Crippen MR) is 126 cm³/mol. The molecule has 1 fully saturated rings. The quantitative estimate of drug-likeness (QED) is 0.506. The molecule has 3 heterocycles. The molecule has 0 aromatic carbocycles. The minimum Gasteiger partial charge on any atom is -0.355 e. The van der Waals surface area contributed by atoms with Crippen LogP contribution in [-0.4, -0.2) is 71.8 Å². The van der Waals surface area contributed by atoms with Gasteiger partial charge in [0.2, 0.25) is 15.9 Å². The smallest absolute Gasteiger partial charge is 0.251 e. The molecule has 0 unspecified atom stereocenters. The van der Waals surface area contributed by atoms with Crippen LogP contribution in [0.3, 0.4) is 0 Å². The zero-order valence-corrected chi connectivity index (χ0v) is 20.4. The molecule has 1 saturated heterocycles. The van der Waals surface area contributed by atoms with Crippen LogP contribution >= 0.6 is 11.6 Å². The number of hydrogen-bond donors (Lipinski definition) is 1. The summed E-state index contributed by atoms with van der Waals surface area (Å²) in [5.41, 5.74) is 2.40. The van der Waals surface area contributed by atoms with Crippen LogP contribution in [0.4, 0.5) is 0 Å². The van der Waals surface area contributed by atoms with Gasteiger partial charge >= 0.3 is 0 Å². The SMILES string of the molecule is C=CC(=O)N1C[C@@H](C)N(S(C)(=O)=O)[C@H](c2cc(Cl)nc(-c3cc(C(=O)NC)cc(C)n3)c2)C1. The van der Waals surface area contributed by atoms with E-state index in [0.29, 0.717) is 28.2 Å². The van der Waals surface area contributed by atoms with E-state index in [1.54, 1.807) is 43.0 Å². The third kappa shape index (κ3) is 5.40. The van der Waals surface area contributed by atoms with Gasteiger partial charge in [-0.15, -0.1) is 0 Å². The molecule has 3 rings (SSSR count). The second kappa shape index (κ2) is 9.58. The number of aromatic nitrogens is 2. The summed E-state index contributed by atoms with van der Waals surface area (Å²) in [5.74, 6) is -0.553. The molecule has 1 N–H and O–H groups in total. The van der Waals surface area contributed by atoms with E-state index in [4.69, 9.17) is 11.6 Å². The van der Waals surface area contributed by atoms with Crippen LogP contribution < -0.4 is 5.32 Å². The van der Waals surface area contributed by atoms with Crippen LogP contribution in [0.15, 0.2) is 36.9 Å². The first kappa shape index (κ1) is 24.8. The summed E-state index contributed by atoms with van der Waals surface area (Å²) in [5, 5.41) is 2.72. The van der Waals surface area contributed by atoms with E-state index < -0.39 is 22.1 Å². The molecule has 1 aliphatic heterocycles. The first-order chi connectivity index (χ1) is 15.4. The van der Waals surface area contributed by atoms with E-state index in [2.05, 4.69) is 21.9 Å². The Morgan fingerprint density at radius 3 is 2.45 bits per heavy atom. The normalized spacial score (nSPS) is 19.2. The summed E-state index contributed by atoms with van der Waals surface area (Å²) in [7, 11) is -2.07. The van der Waals surface area contributed by atoms with Crippen molar-refractivity contribution in [3.8, 4) is 11.4 Å². The number of nitrogens with one attached hydrogen (secondary N) is 1. The van der Waals surface area contributed by atoms with Crippen LogP contribution in [0.5, 0.6) is 0 Å². The molecule has 2 aromatic heterocycles. The van der Waals surface area contributed by atoms with Crippen molar-refractivity contribution >= 4 is 33.4 Å². The molecule has 9 nitrogen and oxygen atoms in total. The van der Waals surface area contributed by atoms with E-state index >= 15 is 0 Å². The van der Waals surface area contributed by atoms with Gasteiger partial charge in [-0.05, 0) is 49.8 Å². The molecule has 0 bridgehead atoms. The lowest BCUT2D eigenvalue weighted by Crippen LogP contribution is -2.56. The first-order valence-electron chi connectivity index (χ1n) is 10.2. The summed E-state index contributed by atoms with van der Waals surface area (Å²) in [4.78, 5) is 34.9. The number of amides is 2. The topological polar surface area (TPSA) is 113 Å². The first-order valence-corrected chi connectivity index (χ1v) is 12.5. The van der Waals surface area contributed by atoms with Crippen molar-refractivity contribution in [2.45, 2.75) is 25.9 Å². The summed E-state index contributed by atoms with van der Waals surface area (Å²) in [6, 6.07) is 5.38. The fourth-order valence-corrected chi connectivity index (χ4v) is 5.69. The Bertz CT molecular complexity index is 1220. The van der Waals surface area contributed by atoms with Gasteiger partial charge in [0.1, 0.15) is 5.15 Å². The van der Waals surface area contributed by atoms with E-state index in [1.165, 1.54) is 17.4 Å². The Morgan fingerprint density at radius 2 is 1.85 bits per heavy atom. The van der Waals surface area contributed by atoms with E-state index in [0.717, 1.165) is 6.26 Å². The van der Waals surface area contributed by atoms with Gasteiger partial charge in [-0.1, -0.05) is 18.2 Å². The van der Waals surface area contributed by atoms with Gasteiger partial charge in [-0.25, -0.2) is 13.4 Å². The summed E-state index contributed by atoms with van der Waals surface area (Å²) in [6.07, 6.45) is 2.35. The van der Waals surface area contributed by atoms with Crippen molar-refractivity contribution in [3.05, 3.63) is 58.9 Å². The van der Waals surface area contributed by atoms with Crippen molar-refractivity contribution in [3.63, 3.8) is 0 Å². The molecular weight excluding hydrogens is 466 g/mol. The van der Waals surface area contributed by atoms with Gasteiger partial charge < -0.3 is 10.2 Å². The zero-order chi connectivity index (χ0) is 24.5. The van der Waals surface area contributed by atoms with Crippen molar-refractivity contribution < 1.29 is 18.0 Å². The van der Waals surface area contributed by atoms with Crippen LogP contribution in [0.25, 0.3) is 11.4 Å². The van der Waals surface area contributed by atoms with E-state index in [-0.39, 0.29) is 30.1 Å². The molecule has 1 aliphatic rings. The zero-order valence-electron chi connectivity index (χ0n) is 18.9. The molecular formula is C22H26ClN5O4S. The molecule has 2 aromatic rings. The van der Waals surface area contributed by atoms with Crippen molar-refractivity contribution in [2.24, 2.45) is 0 Å². The van der Waals surface area contributed by atoms with E-state index in [9.17, 15) is 18.0 Å². The van der Waals surface area contributed by atoms with Gasteiger partial charge in [0, 0.05) is 37.4 Å². The number of aryl methyl sites for hydroxylation is 1. The molecule has 0 aliphatic carbocycles. The second-order valence-electron chi connectivity index (χ2n) is 7.98. The standard InChI is InChI=1S/C22H26ClN5O4S/c1-6-21(29)27-11-14(3)28(33(5,31)32)19(12-27)15-8-18(26-20(23)10-15)17-9-16(22(30)24-4)7-13(2)25-17/h6-10,14,19H,1,11-12H2,2-5H3,(H,24,30)/t14-,19+/m1/s1. The number of hydrogen-bond acceptors (Lipinski definition) is 6. The molecule has 0 radical (unpaired) electrons. The molecule has 0 saturated carbocycles. The summed E-state index contributed by atoms with van der Waals surface area (Å²) >= 11 is 6.33. The van der Waals surface area contributed by atoms with E-state index in [1.807, 2.05) is 0 Å². The third-order valence-corrected chi connectivity index (χ3v) is 6.97. The Morgan fingerprint density at radius 1 is 1.18 bits per heavy atom. The average molecular weight is 492 g/mol. The number of pyridine rings is 2. The van der Waals surface area contributed by atoms with Crippen LogP contribution in [0, 0.1) is 6.92 Å². The molecule has 2 amide bonds. The summed E-state index contributed by atoms with van der Waals surface area (Å²) < 4.78 is 26.7. The third-order valence-electron chi connectivity index (χ3n) is 5.40. The lowest BCUT2D eigenvalue weighted by molar-refractivity contribution is -0.129. The molecule has 33 heavy (non-hydrogen) atoms. The fraction of sp³-hybridized carbons (Fsp3) is 0.364. The Hall–Kier alpha value is -2.82. The van der Waals surface area contributed by atoms with Crippen molar-refractivity contribution in [1.29, 1.82) is 0 Å². The van der Waals surface area contributed by atoms with Gasteiger partial charge in [-0.2, -0.15) is 4.31 Å². The maximum Gasteiger partial charge on any atom is 0.251 e. The minimum atomic E-state index is -3.61. The predicted octanol–water partition coefficient (Wildman–Crippen LogP) is 2.18. The Kier molecular flexibility index (Phi) is 7.20. The molecule has 2 atom stereocenters. The second-order valence-corrected chi connectivity index (χ2v) is 10.3. The van der Waals surface area contributed by atoms with Crippen LogP contribution in [-0.2, 0) is 14.8 Å². The highest BCUT2D eigenvalue weighted by atomic mass is 35.5. The van der Waals surface area contributed by atoms with Crippen LogP contribution in [0.1, 0.15) is 34.6 Å². The lowest BCUT2D eigenvalue weighted by Gasteiger charge is -2.44. The molecule has 11 heteroatoms. The van der Waals surface area contributed by atoms with Crippen molar-refractivity contribution in [2.75, 3.05) is 26.4 Å². The Labute approximate surface area is 198 Å². The monoisotopic (exact) mass is 491 g/mol. The highest BCUT2D eigenvalue weighted by molar-refractivity contribution is 7.88. The minimum absolute atomic E-state index is 0.132. The number of carbonyl (C=O) groups is 2. The maximum absolute atomic E-state index is 12.7. The highest BCUT2D eigenvalue weighted by Gasteiger charge is 2.40.